The molecule has 0 spiro atoms. The van der Waals surface area contributed by atoms with Crippen LogP contribution in [0.5, 0.6) is 0 Å². The van der Waals surface area contributed by atoms with Crippen LogP contribution in [0.25, 0.3) is 0 Å². The molecular weight excluding hydrogens is 269 g/mol. The van der Waals surface area contributed by atoms with Gasteiger partial charge in [-0.3, -0.25) is 4.98 Å². The zero-order valence-corrected chi connectivity index (χ0v) is 11.5. The fraction of sp³-hybridized carbons (Fsp3) is 0.154. The smallest absolute Gasteiger partial charge is 0.0517 e. The molecule has 0 saturated heterocycles. The van der Waals surface area contributed by atoms with Crippen LogP contribution in [0.1, 0.15) is 5.69 Å². The van der Waals surface area contributed by atoms with Crippen LogP contribution in [-0.4, -0.2) is 11.5 Å². The van der Waals surface area contributed by atoms with Crippen LogP contribution < -0.4 is 10.9 Å². The number of benzene rings is 1. The lowest BCUT2D eigenvalue weighted by atomic mass is 10.2. The summed E-state index contributed by atoms with van der Waals surface area (Å²) in [6, 6.07) is 15.9. The molecule has 2 N–H and O–H groups in total. The summed E-state index contributed by atoms with van der Waals surface area (Å²) in [4.78, 5) is 4.26. The van der Waals surface area contributed by atoms with Crippen LogP contribution in [0, 0.1) is 0 Å². The molecule has 0 radical (unpaired) electrons. The van der Waals surface area contributed by atoms with Crippen molar-refractivity contribution in [3.05, 3.63) is 60.4 Å². The highest BCUT2D eigenvalue weighted by molar-refractivity contribution is 5.85. The van der Waals surface area contributed by atoms with Crippen molar-refractivity contribution in [3.8, 4) is 0 Å². The van der Waals surface area contributed by atoms with Gasteiger partial charge in [-0.25, -0.2) is 5.84 Å². The second kappa shape index (κ2) is 8.75. The quantitative estimate of drug-likeness (QED) is 0.694. The van der Waals surface area contributed by atoms with Gasteiger partial charge >= 0.3 is 0 Å². The van der Waals surface area contributed by atoms with Gasteiger partial charge in [-0.2, -0.15) is 0 Å². The average molecular weight is 286 g/mol. The molecule has 0 atom stereocenters. The van der Waals surface area contributed by atoms with E-state index in [1.165, 1.54) is 0 Å². The molecule has 0 bridgehead atoms. The average Bonchev–Trinajstić information content (AvgIpc) is 2.38. The molecule has 1 aromatic heterocycles. The maximum Gasteiger partial charge on any atom is 0.0517 e. The van der Waals surface area contributed by atoms with Gasteiger partial charge in [0.2, 0.25) is 0 Å². The summed E-state index contributed by atoms with van der Waals surface area (Å²) in [5.41, 5.74) is 2.09. The Kier molecular flexibility index (Phi) is 8.12. The lowest BCUT2D eigenvalue weighted by Gasteiger charge is -2.18. The van der Waals surface area contributed by atoms with Crippen molar-refractivity contribution >= 4 is 30.5 Å². The molecule has 98 valence electrons. The number of hydrogen-bond acceptors (Lipinski definition) is 3. The summed E-state index contributed by atoms with van der Waals surface area (Å²) >= 11 is 0. The Hall–Kier alpha value is -1.29. The number of aromatic nitrogens is 1. The summed E-state index contributed by atoms with van der Waals surface area (Å²) in [5.74, 6) is 5.95. The molecule has 1 heterocycles. The van der Waals surface area contributed by atoms with Crippen LogP contribution in [0.4, 0.5) is 5.69 Å². The molecule has 5 heteroatoms. The largest absolute Gasteiger partial charge is 0.311 e. The lowest BCUT2D eigenvalue weighted by Crippen LogP contribution is -2.32. The second-order valence-corrected chi connectivity index (χ2v) is 3.60. The third kappa shape index (κ3) is 4.92. The van der Waals surface area contributed by atoms with E-state index in [-0.39, 0.29) is 24.8 Å². The maximum atomic E-state index is 5.95. The Labute approximate surface area is 120 Å². The van der Waals surface area contributed by atoms with Gasteiger partial charge in [-0.05, 0) is 24.3 Å². The van der Waals surface area contributed by atoms with Crippen LogP contribution in [0.3, 0.4) is 0 Å². The van der Waals surface area contributed by atoms with Crippen molar-refractivity contribution in [2.45, 2.75) is 6.42 Å². The van der Waals surface area contributed by atoms with E-state index in [4.69, 9.17) is 5.84 Å². The monoisotopic (exact) mass is 285 g/mol. The number of anilines is 1. The summed E-state index contributed by atoms with van der Waals surface area (Å²) in [6.45, 7) is 0.765. The van der Waals surface area contributed by atoms with Gasteiger partial charge in [0.15, 0.2) is 0 Å². The molecular formula is C13H17Cl2N3. The number of nitrogens with two attached hydrogens (primary N) is 1. The predicted molar refractivity (Wildman–Crippen MR) is 80.4 cm³/mol. The minimum Gasteiger partial charge on any atom is -0.311 e. The molecule has 0 fully saturated rings. The van der Waals surface area contributed by atoms with Gasteiger partial charge in [0.05, 0.1) is 5.69 Å². The molecule has 1 aromatic carbocycles. The second-order valence-electron chi connectivity index (χ2n) is 3.60. The normalized spacial score (nSPS) is 8.94. The summed E-state index contributed by atoms with van der Waals surface area (Å²) in [5, 5.41) is 1.74. The highest BCUT2D eigenvalue weighted by atomic mass is 35.5. The number of pyridine rings is 1. The Bertz CT molecular complexity index is 423. The van der Waals surface area contributed by atoms with Crippen LogP contribution in [0.2, 0.25) is 0 Å². The summed E-state index contributed by atoms with van der Waals surface area (Å²) < 4.78 is 0. The van der Waals surface area contributed by atoms with Crippen LogP contribution in [-0.2, 0) is 6.42 Å². The topological polar surface area (TPSA) is 42.1 Å². The van der Waals surface area contributed by atoms with E-state index in [1.54, 1.807) is 11.2 Å². The van der Waals surface area contributed by atoms with Crippen molar-refractivity contribution in [1.29, 1.82) is 0 Å². The molecule has 0 aliphatic rings. The summed E-state index contributed by atoms with van der Waals surface area (Å²) in [6.07, 6.45) is 2.66. The van der Waals surface area contributed by atoms with Crippen molar-refractivity contribution in [2.75, 3.05) is 11.6 Å². The zero-order valence-electron chi connectivity index (χ0n) is 9.90. The lowest BCUT2D eigenvalue weighted by molar-refractivity contribution is 0.808. The van der Waals surface area contributed by atoms with Gasteiger partial charge in [0, 0.05) is 24.9 Å². The van der Waals surface area contributed by atoms with Gasteiger partial charge in [-0.1, -0.05) is 24.3 Å². The molecule has 0 unspecified atom stereocenters. The predicted octanol–water partition coefficient (Wildman–Crippen LogP) is 2.85. The minimum absolute atomic E-state index is 0. The molecule has 18 heavy (non-hydrogen) atoms. The third-order valence-electron chi connectivity index (χ3n) is 2.42. The van der Waals surface area contributed by atoms with E-state index in [0.29, 0.717) is 0 Å². The van der Waals surface area contributed by atoms with Crippen molar-refractivity contribution in [2.24, 2.45) is 5.84 Å². The van der Waals surface area contributed by atoms with E-state index in [0.717, 1.165) is 24.3 Å². The van der Waals surface area contributed by atoms with Gasteiger partial charge in [-0.15, -0.1) is 24.8 Å². The highest BCUT2D eigenvalue weighted by Crippen LogP contribution is 2.09. The molecule has 0 aliphatic heterocycles. The van der Waals surface area contributed by atoms with Crippen LogP contribution in [0.15, 0.2) is 54.7 Å². The Morgan fingerprint density at radius 3 is 2.22 bits per heavy atom. The Morgan fingerprint density at radius 2 is 1.61 bits per heavy atom. The fourth-order valence-corrected chi connectivity index (χ4v) is 1.53. The molecule has 3 nitrogen and oxygen atoms in total. The maximum absolute atomic E-state index is 5.95. The number of hydrazine groups is 1. The Morgan fingerprint density at radius 1 is 0.944 bits per heavy atom. The first-order valence-electron chi connectivity index (χ1n) is 5.33. The van der Waals surface area contributed by atoms with Crippen molar-refractivity contribution in [1.82, 2.24) is 4.98 Å². The highest BCUT2D eigenvalue weighted by Gasteiger charge is 2.01. The SMILES string of the molecule is Cl.Cl.NN(CCc1ccccn1)c1ccccc1. The van der Waals surface area contributed by atoms with E-state index < -0.39 is 0 Å². The standard InChI is InChI=1S/C13H15N3.2ClH/c14-16(13-7-2-1-3-8-13)11-9-12-6-4-5-10-15-12;;/h1-8,10H,9,11,14H2;2*1H. The van der Waals surface area contributed by atoms with E-state index in [9.17, 15) is 0 Å². The zero-order chi connectivity index (χ0) is 11.2. The molecule has 2 rings (SSSR count). The molecule has 2 aromatic rings. The van der Waals surface area contributed by atoms with Gasteiger partial charge in [0.25, 0.3) is 0 Å². The molecule has 0 amide bonds. The van der Waals surface area contributed by atoms with Gasteiger partial charge in [0.1, 0.15) is 0 Å². The van der Waals surface area contributed by atoms with E-state index >= 15 is 0 Å². The fourth-order valence-electron chi connectivity index (χ4n) is 1.53. The minimum atomic E-state index is 0. The van der Waals surface area contributed by atoms with E-state index in [2.05, 4.69) is 4.98 Å². The van der Waals surface area contributed by atoms with Gasteiger partial charge < -0.3 is 5.01 Å². The molecule has 0 aliphatic carbocycles. The summed E-state index contributed by atoms with van der Waals surface area (Å²) in [7, 11) is 0. The number of halogens is 2. The third-order valence-corrected chi connectivity index (χ3v) is 2.42. The Balaban J connectivity index is 0.00000144. The van der Waals surface area contributed by atoms with Crippen LogP contribution >= 0.6 is 24.8 Å². The van der Waals surface area contributed by atoms with E-state index in [1.807, 2.05) is 48.5 Å². The first-order valence-corrected chi connectivity index (χ1v) is 5.33. The number of rotatable bonds is 4. The van der Waals surface area contributed by atoms with Crippen molar-refractivity contribution in [3.63, 3.8) is 0 Å². The van der Waals surface area contributed by atoms with Crippen molar-refractivity contribution < 1.29 is 0 Å². The number of nitrogens with zero attached hydrogens (tertiary/aromatic N) is 2. The first-order chi connectivity index (χ1) is 7.86. The molecule has 0 saturated carbocycles. The number of hydrogen-bond donors (Lipinski definition) is 1. The number of para-hydroxylation sites is 1. The first kappa shape index (κ1) is 16.7.